The summed E-state index contributed by atoms with van der Waals surface area (Å²) in [5.74, 6) is 1.64. The van der Waals surface area contributed by atoms with Gasteiger partial charge in [-0.15, -0.1) is 0 Å². The van der Waals surface area contributed by atoms with Gasteiger partial charge >= 0.3 is 0 Å². The summed E-state index contributed by atoms with van der Waals surface area (Å²) in [6.07, 6.45) is 0. The van der Waals surface area contributed by atoms with Gasteiger partial charge in [0.2, 0.25) is 11.9 Å². The van der Waals surface area contributed by atoms with Crippen molar-refractivity contribution in [2.45, 2.75) is 27.7 Å². The highest BCUT2D eigenvalue weighted by atomic mass is 16.2. The summed E-state index contributed by atoms with van der Waals surface area (Å²) in [6, 6.07) is 8.24. The van der Waals surface area contributed by atoms with E-state index >= 15 is 0 Å². The van der Waals surface area contributed by atoms with Crippen molar-refractivity contribution < 1.29 is 4.79 Å². The lowest BCUT2D eigenvalue weighted by molar-refractivity contribution is -0.129. The Balaban J connectivity index is 1.76. The van der Waals surface area contributed by atoms with Crippen LogP contribution in [0.3, 0.4) is 0 Å². The molecule has 1 amide bonds. The van der Waals surface area contributed by atoms with E-state index < -0.39 is 0 Å². The van der Waals surface area contributed by atoms with Crippen molar-refractivity contribution in [2.24, 2.45) is 0 Å². The minimum Gasteiger partial charge on any atom is -0.340 e. The molecular weight excluding hydrogens is 314 g/mol. The molecule has 0 spiro atoms. The summed E-state index contributed by atoms with van der Waals surface area (Å²) in [5, 5.41) is 3.38. The van der Waals surface area contributed by atoms with Gasteiger partial charge in [0.05, 0.1) is 0 Å². The highest BCUT2D eigenvalue weighted by Crippen LogP contribution is 2.21. The first-order chi connectivity index (χ1) is 11.9. The Morgan fingerprint density at radius 1 is 1.00 bits per heavy atom. The minimum absolute atomic E-state index is 0.127. The monoisotopic (exact) mass is 339 g/mol. The molecule has 0 unspecified atom stereocenters. The van der Waals surface area contributed by atoms with Gasteiger partial charge in [-0.1, -0.05) is 6.07 Å². The van der Waals surface area contributed by atoms with Crippen LogP contribution in [0.2, 0.25) is 0 Å². The highest BCUT2D eigenvalue weighted by molar-refractivity contribution is 5.73. The van der Waals surface area contributed by atoms with Crippen molar-refractivity contribution in [1.82, 2.24) is 14.9 Å². The van der Waals surface area contributed by atoms with Crippen molar-refractivity contribution in [2.75, 3.05) is 36.4 Å². The molecule has 2 heterocycles. The summed E-state index contributed by atoms with van der Waals surface area (Å²) >= 11 is 0. The lowest BCUT2D eigenvalue weighted by atomic mass is 10.1. The number of aryl methyl sites for hydroxylation is 3. The third kappa shape index (κ3) is 4.07. The summed E-state index contributed by atoms with van der Waals surface area (Å²) in [6.45, 7) is 10.7. The number of carbonyl (C=O) groups is 1. The molecule has 0 bridgehead atoms. The quantitative estimate of drug-likeness (QED) is 0.932. The van der Waals surface area contributed by atoms with E-state index in [0.29, 0.717) is 13.1 Å². The normalized spacial score (nSPS) is 14.6. The molecule has 1 aliphatic rings. The van der Waals surface area contributed by atoms with Gasteiger partial charge in [0.15, 0.2) is 0 Å². The zero-order valence-corrected chi connectivity index (χ0v) is 15.3. The molecule has 1 aliphatic heterocycles. The smallest absolute Gasteiger partial charge is 0.227 e. The average Bonchev–Trinajstić information content (AvgIpc) is 2.58. The standard InChI is InChI=1S/C19H25N5O/c1-13-5-6-17(11-14(13)2)21-18-12-15(3)20-19(22-18)24-9-7-23(8-10-24)16(4)25/h5-6,11-12H,7-10H2,1-4H3,(H,20,21,22). The first kappa shape index (κ1) is 17.2. The van der Waals surface area contributed by atoms with E-state index in [1.165, 1.54) is 11.1 Å². The van der Waals surface area contributed by atoms with E-state index in [4.69, 9.17) is 0 Å². The molecule has 0 atom stereocenters. The van der Waals surface area contributed by atoms with Gasteiger partial charge in [-0.05, 0) is 44.0 Å². The van der Waals surface area contributed by atoms with Gasteiger partial charge in [0.25, 0.3) is 0 Å². The molecular formula is C19H25N5O. The van der Waals surface area contributed by atoms with E-state index in [9.17, 15) is 4.79 Å². The number of aromatic nitrogens is 2. The van der Waals surface area contributed by atoms with Gasteiger partial charge in [0.1, 0.15) is 5.82 Å². The molecule has 2 aromatic rings. The Morgan fingerprint density at radius 3 is 2.36 bits per heavy atom. The number of hydrogen-bond donors (Lipinski definition) is 1. The number of hydrogen-bond acceptors (Lipinski definition) is 5. The largest absolute Gasteiger partial charge is 0.340 e. The molecule has 6 heteroatoms. The van der Waals surface area contributed by atoms with E-state index in [-0.39, 0.29) is 5.91 Å². The van der Waals surface area contributed by atoms with Crippen LogP contribution in [0.1, 0.15) is 23.7 Å². The Bertz CT molecular complexity index is 781. The predicted octanol–water partition coefficient (Wildman–Crippen LogP) is 2.81. The molecule has 1 aromatic carbocycles. The lowest BCUT2D eigenvalue weighted by Gasteiger charge is -2.34. The first-order valence-electron chi connectivity index (χ1n) is 8.63. The Morgan fingerprint density at radius 2 is 1.72 bits per heavy atom. The van der Waals surface area contributed by atoms with Crippen LogP contribution in [-0.2, 0) is 4.79 Å². The average molecular weight is 339 g/mol. The van der Waals surface area contributed by atoms with Gasteiger partial charge in [-0.2, -0.15) is 4.98 Å². The molecule has 0 saturated carbocycles. The topological polar surface area (TPSA) is 61.4 Å². The number of anilines is 3. The number of benzene rings is 1. The van der Waals surface area contributed by atoms with E-state index in [1.807, 2.05) is 17.9 Å². The summed E-state index contributed by atoms with van der Waals surface area (Å²) in [4.78, 5) is 24.7. The highest BCUT2D eigenvalue weighted by Gasteiger charge is 2.21. The van der Waals surface area contributed by atoms with Crippen LogP contribution < -0.4 is 10.2 Å². The van der Waals surface area contributed by atoms with Crippen LogP contribution >= 0.6 is 0 Å². The molecule has 1 aromatic heterocycles. The molecule has 6 nitrogen and oxygen atoms in total. The SMILES string of the molecule is CC(=O)N1CCN(c2nc(C)cc(Nc3ccc(C)c(C)c3)n2)CC1. The Labute approximate surface area is 148 Å². The first-order valence-corrected chi connectivity index (χ1v) is 8.63. The summed E-state index contributed by atoms with van der Waals surface area (Å²) in [7, 11) is 0. The Kier molecular flexibility index (Phi) is 4.88. The van der Waals surface area contributed by atoms with Crippen LogP contribution in [0.5, 0.6) is 0 Å². The van der Waals surface area contributed by atoms with E-state index in [0.717, 1.165) is 36.2 Å². The maximum Gasteiger partial charge on any atom is 0.227 e. The summed E-state index contributed by atoms with van der Waals surface area (Å²) < 4.78 is 0. The minimum atomic E-state index is 0.127. The fourth-order valence-corrected chi connectivity index (χ4v) is 2.95. The van der Waals surface area contributed by atoms with Crippen molar-refractivity contribution in [3.8, 4) is 0 Å². The second-order valence-electron chi connectivity index (χ2n) is 6.61. The van der Waals surface area contributed by atoms with Gasteiger partial charge in [-0.25, -0.2) is 4.98 Å². The molecule has 132 valence electrons. The third-order valence-corrected chi connectivity index (χ3v) is 4.63. The van der Waals surface area contributed by atoms with E-state index in [2.05, 4.69) is 52.2 Å². The molecule has 25 heavy (non-hydrogen) atoms. The van der Waals surface area contributed by atoms with Crippen molar-refractivity contribution in [1.29, 1.82) is 0 Å². The van der Waals surface area contributed by atoms with Crippen LogP contribution in [0.15, 0.2) is 24.3 Å². The number of carbonyl (C=O) groups excluding carboxylic acids is 1. The number of rotatable bonds is 3. The Hall–Kier alpha value is -2.63. The van der Waals surface area contributed by atoms with Crippen LogP contribution in [0.4, 0.5) is 17.5 Å². The zero-order valence-electron chi connectivity index (χ0n) is 15.3. The maximum atomic E-state index is 11.5. The maximum absolute atomic E-state index is 11.5. The van der Waals surface area contributed by atoms with Gasteiger partial charge in [0, 0.05) is 50.6 Å². The van der Waals surface area contributed by atoms with Crippen LogP contribution in [-0.4, -0.2) is 47.0 Å². The van der Waals surface area contributed by atoms with Crippen LogP contribution in [0.25, 0.3) is 0 Å². The second-order valence-corrected chi connectivity index (χ2v) is 6.61. The van der Waals surface area contributed by atoms with Crippen molar-refractivity contribution in [3.63, 3.8) is 0 Å². The molecule has 1 N–H and O–H groups in total. The van der Waals surface area contributed by atoms with Gasteiger partial charge < -0.3 is 15.1 Å². The fourth-order valence-electron chi connectivity index (χ4n) is 2.95. The van der Waals surface area contributed by atoms with Gasteiger partial charge in [-0.3, -0.25) is 4.79 Å². The number of nitrogens with zero attached hydrogens (tertiary/aromatic N) is 4. The fraction of sp³-hybridized carbons (Fsp3) is 0.421. The van der Waals surface area contributed by atoms with Crippen molar-refractivity contribution >= 4 is 23.4 Å². The summed E-state index contributed by atoms with van der Waals surface area (Å²) in [5.41, 5.74) is 4.46. The van der Waals surface area contributed by atoms with E-state index in [1.54, 1.807) is 6.92 Å². The second kappa shape index (κ2) is 7.09. The molecule has 1 saturated heterocycles. The molecule has 1 fully saturated rings. The third-order valence-electron chi connectivity index (χ3n) is 4.63. The zero-order chi connectivity index (χ0) is 18.0. The number of nitrogens with one attached hydrogen (secondary N) is 1. The number of piperazine rings is 1. The number of amides is 1. The van der Waals surface area contributed by atoms with Crippen LogP contribution in [0, 0.1) is 20.8 Å². The predicted molar refractivity (Wildman–Crippen MR) is 100 cm³/mol. The van der Waals surface area contributed by atoms with Crippen molar-refractivity contribution in [3.05, 3.63) is 41.1 Å². The lowest BCUT2D eigenvalue weighted by Crippen LogP contribution is -2.48. The molecule has 0 aliphatic carbocycles. The molecule has 3 rings (SSSR count). The molecule has 0 radical (unpaired) electrons.